The van der Waals surface area contributed by atoms with Crippen molar-refractivity contribution in [2.24, 2.45) is 7.05 Å². The number of anilines is 2. The van der Waals surface area contributed by atoms with Crippen molar-refractivity contribution in [1.82, 2.24) is 14.8 Å². The second-order valence-electron chi connectivity index (χ2n) is 4.51. The molecule has 0 unspecified atom stereocenters. The van der Waals surface area contributed by atoms with Gasteiger partial charge in [-0.05, 0) is 19.1 Å². The van der Waals surface area contributed by atoms with Crippen LogP contribution in [0.4, 0.5) is 11.4 Å². The molecule has 3 heterocycles. The molecule has 1 amide bonds. The van der Waals surface area contributed by atoms with E-state index in [2.05, 4.69) is 15.4 Å². The van der Waals surface area contributed by atoms with Gasteiger partial charge in [-0.1, -0.05) is 0 Å². The van der Waals surface area contributed by atoms with Crippen molar-refractivity contribution in [3.63, 3.8) is 0 Å². The summed E-state index contributed by atoms with van der Waals surface area (Å²) in [4.78, 5) is 17.9. The molecular formula is C13H13N5OS. The number of carbonyl (C=O) groups is 1. The van der Waals surface area contributed by atoms with Gasteiger partial charge < -0.3 is 11.1 Å². The van der Waals surface area contributed by atoms with Gasteiger partial charge in [0.25, 0.3) is 5.91 Å². The molecule has 6 nitrogen and oxygen atoms in total. The Morgan fingerprint density at radius 3 is 2.95 bits per heavy atom. The van der Waals surface area contributed by atoms with Crippen LogP contribution in [-0.4, -0.2) is 20.7 Å². The number of thiophene rings is 1. The van der Waals surface area contributed by atoms with Gasteiger partial charge in [-0.2, -0.15) is 5.10 Å². The lowest BCUT2D eigenvalue weighted by atomic mass is 10.2. The SMILES string of the molecule is Cc1ccc2c(N)c(C(=O)Nc3cnn(C)c3)sc2n1. The zero-order valence-electron chi connectivity index (χ0n) is 11.0. The third-order valence-corrected chi connectivity index (χ3v) is 4.02. The first kappa shape index (κ1) is 12.6. The van der Waals surface area contributed by atoms with E-state index in [1.807, 2.05) is 19.1 Å². The van der Waals surface area contributed by atoms with Gasteiger partial charge in [-0.25, -0.2) is 4.98 Å². The number of nitrogens with one attached hydrogen (secondary N) is 1. The Kier molecular flexibility index (Phi) is 2.90. The molecule has 0 aliphatic heterocycles. The minimum atomic E-state index is -0.240. The lowest BCUT2D eigenvalue weighted by Gasteiger charge is -2.00. The summed E-state index contributed by atoms with van der Waals surface area (Å²) in [6, 6.07) is 3.78. The Morgan fingerprint density at radius 2 is 2.25 bits per heavy atom. The number of hydrogen-bond acceptors (Lipinski definition) is 5. The highest BCUT2D eigenvalue weighted by molar-refractivity contribution is 7.21. The highest BCUT2D eigenvalue weighted by Gasteiger charge is 2.17. The monoisotopic (exact) mass is 287 g/mol. The maximum absolute atomic E-state index is 12.3. The Hall–Kier alpha value is -2.41. The van der Waals surface area contributed by atoms with Crippen LogP contribution >= 0.6 is 11.3 Å². The predicted molar refractivity (Wildman–Crippen MR) is 79.9 cm³/mol. The normalized spacial score (nSPS) is 10.9. The standard InChI is InChI=1S/C13H13N5OS/c1-7-3-4-9-10(14)11(20-13(9)16-7)12(19)17-8-5-15-18(2)6-8/h3-6H,14H2,1-2H3,(H,17,19). The second kappa shape index (κ2) is 4.61. The third kappa shape index (κ3) is 2.12. The summed E-state index contributed by atoms with van der Waals surface area (Å²) in [5, 5.41) is 7.59. The number of fused-ring (bicyclic) bond motifs is 1. The summed E-state index contributed by atoms with van der Waals surface area (Å²) in [7, 11) is 1.79. The maximum atomic E-state index is 12.3. The van der Waals surface area contributed by atoms with Crippen LogP contribution in [0.25, 0.3) is 10.2 Å². The van der Waals surface area contributed by atoms with Crippen LogP contribution in [0.3, 0.4) is 0 Å². The molecule has 0 saturated carbocycles. The summed E-state index contributed by atoms with van der Waals surface area (Å²) in [6.07, 6.45) is 3.31. The number of carbonyl (C=O) groups excluding carboxylic acids is 1. The number of nitrogens with two attached hydrogens (primary N) is 1. The van der Waals surface area contributed by atoms with Gasteiger partial charge in [0, 0.05) is 24.3 Å². The van der Waals surface area contributed by atoms with E-state index in [-0.39, 0.29) is 5.91 Å². The Morgan fingerprint density at radius 1 is 1.45 bits per heavy atom. The molecule has 0 fully saturated rings. The minimum Gasteiger partial charge on any atom is -0.397 e. The zero-order chi connectivity index (χ0) is 14.3. The summed E-state index contributed by atoms with van der Waals surface area (Å²) >= 11 is 1.30. The maximum Gasteiger partial charge on any atom is 0.268 e. The topological polar surface area (TPSA) is 85.8 Å². The van der Waals surface area contributed by atoms with E-state index in [1.54, 1.807) is 24.1 Å². The Bertz CT molecular complexity index is 804. The van der Waals surface area contributed by atoms with Crippen molar-refractivity contribution in [2.75, 3.05) is 11.1 Å². The van der Waals surface area contributed by atoms with Crippen molar-refractivity contribution in [1.29, 1.82) is 0 Å². The van der Waals surface area contributed by atoms with Crippen molar-refractivity contribution < 1.29 is 4.79 Å². The fourth-order valence-electron chi connectivity index (χ4n) is 1.93. The summed E-state index contributed by atoms with van der Waals surface area (Å²) in [5.74, 6) is -0.240. The Labute approximate surface area is 119 Å². The molecule has 0 aromatic carbocycles. The van der Waals surface area contributed by atoms with Gasteiger partial charge in [-0.15, -0.1) is 11.3 Å². The number of rotatable bonds is 2. The molecular weight excluding hydrogens is 274 g/mol. The first-order valence-corrected chi connectivity index (χ1v) is 6.82. The number of nitrogen functional groups attached to an aromatic ring is 1. The molecule has 3 N–H and O–H groups in total. The van der Waals surface area contributed by atoms with Crippen LogP contribution in [0.5, 0.6) is 0 Å². The number of amides is 1. The number of pyridine rings is 1. The lowest BCUT2D eigenvalue weighted by molar-refractivity contribution is 0.103. The van der Waals surface area contributed by atoms with Crippen LogP contribution in [0, 0.1) is 6.92 Å². The van der Waals surface area contributed by atoms with E-state index < -0.39 is 0 Å². The first-order valence-electron chi connectivity index (χ1n) is 6.00. The minimum absolute atomic E-state index is 0.240. The molecule has 3 rings (SSSR count). The molecule has 0 atom stereocenters. The highest BCUT2D eigenvalue weighted by atomic mass is 32.1. The largest absolute Gasteiger partial charge is 0.397 e. The van der Waals surface area contributed by atoms with Crippen LogP contribution in [0.1, 0.15) is 15.4 Å². The molecule has 3 aromatic rings. The van der Waals surface area contributed by atoms with Crippen LogP contribution in [0.15, 0.2) is 24.5 Å². The second-order valence-corrected chi connectivity index (χ2v) is 5.51. The first-order chi connectivity index (χ1) is 9.54. The molecule has 0 saturated heterocycles. The summed E-state index contributed by atoms with van der Waals surface area (Å²) < 4.78 is 1.62. The van der Waals surface area contributed by atoms with Gasteiger partial charge in [0.05, 0.1) is 17.6 Å². The zero-order valence-corrected chi connectivity index (χ0v) is 11.9. The van der Waals surface area contributed by atoms with Gasteiger partial charge in [-0.3, -0.25) is 9.48 Å². The molecule has 0 aliphatic carbocycles. The summed E-state index contributed by atoms with van der Waals surface area (Å²) in [6.45, 7) is 1.91. The van der Waals surface area contributed by atoms with Crippen LogP contribution < -0.4 is 11.1 Å². The van der Waals surface area contributed by atoms with E-state index in [9.17, 15) is 4.79 Å². The smallest absolute Gasteiger partial charge is 0.268 e. The predicted octanol–water partition coefficient (Wildman–Crippen LogP) is 2.17. The third-order valence-electron chi connectivity index (χ3n) is 2.90. The summed E-state index contributed by atoms with van der Waals surface area (Å²) in [5.41, 5.74) is 8.05. The van der Waals surface area contributed by atoms with E-state index in [0.29, 0.717) is 16.3 Å². The Balaban J connectivity index is 1.97. The quantitative estimate of drug-likeness (QED) is 0.756. The van der Waals surface area contributed by atoms with Gasteiger partial charge in [0.2, 0.25) is 0 Å². The highest BCUT2D eigenvalue weighted by Crippen LogP contribution is 2.32. The van der Waals surface area contributed by atoms with Crippen LogP contribution in [-0.2, 0) is 7.05 Å². The van der Waals surface area contributed by atoms with Crippen molar-refractivity contribution in [3.8, 4) is 0 Å². The molecule has 20 heavy (non-hydrogen) atoms. The average Bonchev–Trinajstić information content (AvgIpc) is 2.94. The fraction of sp³-hybridized carbons (Fsp3) is 0.154. The number of aryl methyl sites for hydroxylation is 2. The molecule has 0 radical (unpaired) electrons. The van der Waals surface area contributed by atoms with E-state index in [0.717, 1.165) is 15.9 Å². The van der Waals surface area contributed by atoms with Crippen LogP contribution in [0.2, 0.25) is 0 Å². The molecule has 3 aromatic heterocycles. The van der Waals surface area contributed by atoms with Gasteiger partial charge in [0.1, 0.15) is 9.71 Å². The molecule has 102 valence electrons. The molecule has 0 spiro atoms. The number of nitrogens with zero attached hydrogens (tertiary/aromatic N) is 3. The van der Waals surface area contributed by atoms with E-state index in [4.69, 9.17) is 5.73 Å². The lowest BCUT2D eigenvalue weighted by Crippen LogP contribution is -2.11. The van der Waals surface area contributed by atoms with Crippen molar-refractivity contribution in [3.05, 3.63) is 35.1 Å². The van der Waals surface area contributed by atoms with Gasteiger partial charge >= 0.3 is 0 Å². The van der Waals surface area contributed by atoms with Gasteiger partial charge in [0.15, 0.2) is 0 Å². The van der Waals surface area contributed by atoms with Crippen molar-refractivity contribution >= 4 is 38.8 Å². The average molecular weight is 287 g/mol. The fourth-order valence-corrected chi connectivity index (χ4v) is 2.97. The molecule has 7 heteroatoms. The molecule has 0 aliphatic rings. The van der Waals surface area contributed by atoms with E-state index >= 15 is 0 Å². The van der Waals surface area contributed by atoms with E-state index in [1.165, 1.54) is 11.3 Å². The van der Waals surface area contributed by atoms with Crippen molar-refractivity contribution in [2.45, 2.75) is 6.92 Å². The number of aromatic nitrogens is 3. The molecule has 0 bridgehead atoms. The number of hydrogen-bond donors (Lipinski definition) is 2.